The van der Waals surface area contributed by atoms with Crippen LogP contribution in [0.1, 0.15) is 12.0 Å². The molecule has 6 heteroatoms. The molecule has 1 aromatic carbocycles. The summed E-state index contributed by atoms with van der Waals surface area (Å²) in [7, 11) is 0. The summed E-state index contributed by atoms with van der Waals surface area (Å²) in [5.41, 5.74) is 0.821. The van der Waals surface area contributed by atoms with Crippen LogP contribution < -0.4 is 5.32 Å². The minimum absolute atomic E-state index is 0.00304. The highest BCUT2D eigenvalue weighted by molar-refractivity contribution is 5.74. The molecule has 0 unspecified atom stereocenters. The number of amides is 1. The molecule has 0 saturated heterocycles. The second-order valence-corrected chi connectivity index (χ2v) is 3.63. The molecular formula is C12H15NO5. The summed E-state index contributed by atoms with van der Waals surface area (Å²) >= 11 is 0. The maximum Gasteiger partial charge on any atom is 0.404 e. The third kappa shape index (κ3) is 5.31. The van der Waals surface area contributed by atoms with E-state index in [9.17, 15) is 14.7 Å². The molecule has 1 atom stereocenters. The van der Waals surface area contributed by atoms with E-state index in [0.717, 1.165) is 5.56 Å². The molecule has 0 radical (unpaired) electrons. The Hall–Kier alpha value is -2.08. The van der Waals surface area contributed by atoms with E-state index in [0.29, 0.717) is 0 Å². The fourth-order valence-electron chi connectivity index (χ4n) is 1.26. The lowest BCUT2D eigenvalue weighted by molar-refractivity contribution is -0.155. The van der Waals surface area contributed by atoms with E-state index in [4.69, 9.17) is 9.84 Å². The Morgan fingerprint density at radius 1 is 1.28 bits per heavy atom. The van der Waals surface area contributed by atoms with Gasteiger partial charge in [0, 0.05) is 13.0 Å². The van der Waals surface area contributed by atoms with Crippen LogP contribution in [0.2, 0.25) is 0 Å². The monoisotopic (exact) mass is 253 g/mol. The quantitative estimate of drug-likeness (QED) is 0.650. The molecule has 1 aromatic rings. The van der Waals surface area contributed by atoms with Crippen molar-refractivity contribution in [1.29, 1.82) is 0 Å². The highest BCUT2D eigenvalue weighted by atomic mass is 16.5. The number of aliphatic hydroxyl groups is 1. The van der Waals surface area contributed by atoms with E-state index < -0.39 is 18.2 Å². The topological polar surface area (TPSA) is 95.9 Å². The Balaban J connectivity index is 2.25. The smallest absolute Gasteiger partial charge is 0.404 e. The summed E-state index contributed by atoms with van der Waals surface area (Å²) in [5.74, 6) is -0.758. The highest BCUT2D eigenvalue weighted by Gasteiger charge is 2.16. The lowest BCUT2D eigenvalue weighted by Crippen LogP contribution is -2.30. The van der Waals surface area contributed by atoms with Crippen LogP contribution in [-0.2, 0) is 16.1 Å². The zero-order valence-electron chi connectivity index (χ0n) is 9.70. The maximum atomic E-state index is 11.3. The molecule has 0 aliphatic rings. The molecular weight excluding hydrogens is 238 g/mol. The first-order valence-corrected chi connectivity index (χ1v) is 5.45. The number of hydrogen-bond acceptors (Lipinski definition) is 4. The van der Waals surface area contributed by atoms with E-state index in [1.807, 2.05) is 18.2 Å². The zero-order chi connectivity index (χ0) is 13.4. The summed E-state index contributed by atoms with van der Waals surface area (Å²) in [6.07, 6.45) is -2.53. The van der Waals surface area contributed by atoms with Crippen LogP contribution in [0.3, 0.4) is 0 Å². The first-order chi connectivity index (χ1) is 8.59. The van der Waals surface area contributed by atoms with Gasteiger partial charge in [0.15, 0.2) is 6.10 Å². The zero-order valence-corrected chi connectivity index (χ0v) is 9.70. The summed E-state index contributed by atoms with van der Waals surface area (Å²) < 4.78 is 4.88. The van der Waals surface area contributed by atoms with Crippen LogP contribution in [0, 0.1) is 0 Å². The number of carbonyl (C=O) groups excluding carboxylic acids is 1. The Morgan fingerprint density at radius 2 is 1.94 bits per heavy atom. The first kappa shape index (κ1) is 14.0. The summed E-state index contributed by atoms with van der Waals surface area (Å²) in [6, 6.07) is 9.07. The average molecular weight is 253 g/mol. The molecule has 98 valence electrons. The van der Waals surface area contributed by atoms with Crippen molar-refractivity contribution in [1.82, 2.24) is 5.32 Å². The van der Waals surface area contributed by atoms with Crippen molar-refractivity contribution >= 4 is 12.1 Å². The van der Waals surface area contributed by atoms with Crippen molar-refractivity contribution < 1.29 is 24.5 Å². The van der Waals surface area contributed by atoms with Crippen LogP contribution in [0.15, 0.2) is 30.3 Å². The molecule has 6 nitrogen and oxygen atoms in total. The maximum absolute atomic E-state index is 11.3. The van der Waals surface area contributed by atoms with E-state index in [1.54, 1.807) is 12.1 Å². The van der Waals surface area contributed by atoms with Crippen LogP contribution in [0.5, 0.6) is 0 Å². The lowest BCUT2D eigenvalue weighted by atomic mass is 10.2. The number of ether oxygens (including phenoxy) is 1. The standard InChI is InChI=1S/C12H15NO5/c14-10(6-7-13-12(16)17)11(15)18-8-9-4-2-1-3-5-9/h1-5,10,13-14H,6-8H2,(H,16,17)/t10-/m0/s1. The van der Waals surface area contributed by atoms with Crippen molar-refractivity contribution in [2.75, 3.05) is 6.54 Å². The van der Waals surface area contributed by atoms with Gasteiger partial charge < -0.3 is 20.3 Å². The molecule has 0 aliphatic heterocycles. The first-order valence-electron chi connectivity index (χ1n) is 5.45. The predicted octanol–water partition coefficient (Wildman–Crippen LogP) is 0.748. The fraction of sp³-hybridized carbons (Fsp3) is 0.333. The Labute approximate surface area is 104 Å². The predicted molar refractivity (Wildman–Crippen MR) is 62.9 cm³/mol. The molecule has 0 spiro atoms. The van der Waals surface area contributed by atoms with E-state index in [2.05, 4.69) is 5.32 Å². The van der Waals surface area contributed by atoms with Crippen LogP contribution in [0.4, 0.5) is 4.79 Å². The molecule has 0 heterocycles. The van der Waals surface area contributed by atoms with Gasteiger partial charge in [0.05, 0.1) is 0 Å². The van der Waals surface area contributed by atoms with Gasteiger partial charge in [0.1, 0.15) is 6.61 Å². The second kappa shape index (κ2) is 7.29. The number of rotatable bonds is 6. The number of hydrogen-bond donors (Lipinski definition) is 3. The minimum atomic E-state index is -1.32. The number of carbonyl (C=O) groups is 2. The molecule has 18 heavy (non-hydrogen) atoms. The molecule has 1 amide bonds. The van der Waals surface area contributed by atoms with Crippen molar-refractivity contribution in [2.24, 2.45) is 0 Å². The second-order valence-electron chi connectivity index (χ2n) is 3.63. The molecule has 3 N–H and O–H groups in total. The fourth-order valence-corrected chi connectivity index (χ4v) is 1.26. The van der Waals surface area contributed by atoms with Gasteiger partial charge in [-0.3, -0.25) is 0 Å². The summed E-state index contributed by atoms with van der Waals surface area (Å²) in [6.45, 7) is 0.0834. The van der Waals surface area contributed by atoms with Crippen LogP contribution in [0.25, 0.3) is 0 Å². The van der Waals surface area contributed by atoms with Crippen LogP contribution >= 0.6 is 0 Å². The van der Waals surface area contributed by atoms with Crippen molar-refractivity contribution in [3.8, 4) is 0 Å². The summed E-state index contributed by atoms with van der Waals surface area (Å²) in [4.78, 5) is 21.5. The largest absolute Gasteiger partial charge is 0.465 e. The SMILES string of the molecule is O=C(O)NCC[C@H](O)C(=O)OCc1ccccc1. The third-order valence-electron chi connectivity index (χ3n) is 2.19. The highest BCUT2D eigenvalue weighted by Crippen LogP contribution is 2.03. The average Bonchev–Trinajstić information content (AvgIpc) is 2.36. The Bertz CT molecular complexity index is 393. The van der Waals surface area contributed by atoms with Gasteiger partial charge in [-0.2, -0.15) is 0 Å². The lowest BCUT2D eigenvalue weighted by Gasteiger charge is -2.10. The van der Waals surface area contributed by atoms with Crippen molar-refractivity contribution in [3.63, 3.8) is 0 Å². The van der Waals surface area contributed by atoms with E-state index >= 15 is 0 Å². The van der Waals surface area contributed by atoms with E-state index in [-0.39, 0.29) is 19.6 Å². The Kier molecular flexibility index (Phi) is 5.66. The van der Waals surface area contributed by atoms with Crippen LogP contribution in [-0.4, -0.2) is 34.9 Å². The molecule has 1 rings (SSSR count). The molecule has 0 aromatic heterocycles. The van der Waals surface area contributed by atoms with Gasteiger partial charge in [-0.25, -0.2) is 9.59 Å². The molecule has 0 bridgehead atoms. The number of carboxylic acid groups (broad SMARTS) is 1. The third-order valence-corrected chi connectivity index (χ3v) is 2.19. The number of aliphatic hydroxyl groups excluding tert-OH is 1. The molecule has 0 saturated carbocycles. The van der Waals surface area contributed by atoms with Gasteiger partial charge in [-0.1, -0.05) is 30.3 Å². The van der Waals surface area contributed by atoms with Crippen molar-refractivity contribution in [2.45, 2.75) is 19.1 Å². The van der Waals surface area contributed by atoms with Gasteiger partial charge >= 0.3 is 12.1 Å². The number of nitrogens with one attached hydrogen (secondary N) is 1. The van der Waals surface area contributed by atoms with Gasteiger partial charge in [0.2, 0.25) is 0 Å². The molecule has 0 fully saturated rings. The normalized spacial score (nSPS) is 11.6. The minimum Gasteiger partial charge on any atom is -0.465 e. The van der Waals surface area contributed by atoms with Crippen molar-refractivity contribution in [3.05, 3.63) is 35.9 Å². The van der Waals surface area contributed by atoms with Gasteiger partial charge in [-0.05, 0) is 5.56 Å². The van der Waals surface area contributed by atoms with E-state index in [1.165, 1.54) is 0 Å². The number of esters is 1. The van der Waals surface area contributed by atoms with Gasteiger partial charge in [0.25, 0.3) is 0 Å². The summed E-state index contributed by atoms with van der Waals surface area (Å²) in [5, 5.41) is 19.8. The Morgan fingerprint density at radius 3 is 2.56 bits per heavy atom. The molecule has 0 aliphatic carbocycles. The number of benzene rings is 1. The van der Waals surface area contributed by atoms with Gasteiger partial charge in [-0.15, -0.1) is 0 Å².